The summed E-state index contributed by atoms with van der Waals surface area (Å²) in [6, 6.07) is 6.10. The maximum absolute atomic E-state index is 14.2. The average molecular weight is 570 g/mol. The molecule has 0 aliphatic carbocycles. The Balaban J connectivity index is 1.54. The van der Waals surface area contributed by atoms with Gasteiger partial charge in [0, 0.05) is 13.2 Å². The second-order valence-corrected chi connectivity index (χ2v) is 13.8. The summed E-state index contributed by atoms with van der Waals surface area (Å²) in [5.74, 6) is 0.367. The number of aromatic nitrogens is 1. The maximum atomic E-state index is 14.2. The van der Waals surface area contributed by atoms with Gasteiger partial charge in [-0.1, -0.05) is 35.4 Å². The van der Waals surface area contributed by atoms with Crippen LogP contribution in [0.15, 0.2) is 28.5 Å². The molecule has 1 amide bonds. The van der Waals surface area contributed by atoms with E-state index in [4.69, 9.17) is 26.1 Å². The molecule has 0 saturated carbocycles. The van der Waals surface area contributed by atoms with Crippen LogP contribution in [0.4, 0.5) is 5.13 Å². The summed E-state index contributed by atoms with van der Waals surface area (Å²) in [5.41, 5.74) is 1.74. The molecule has 2 fully saturated rings. The van der Waals surface area contributed by atoms with Crippen LogP contribution in [-0.4, -0.2) is 62.6 Å². The van der Waals surface area contributed by atoms with Crippen molar-refractivity contribution in [3.63, 3.8) is 0 Å². The monoisotopic (exact) mass is 569 g/mol. The predicted octanol–water partition coefficient (Wildman–Crippen LogP) is 5.08. The Morgan fingerprint density at radius 2 is 2.06 bits per heavy atom. The number of sulfonamides is 1. The number of carbonyl (C=O) groups excluding carboxylic acids is 1. The largest absolute Gasteiger partial charge is 0.494 e. The number of hydrogen-bond donors (Lipinski definition) is 0. The summed E-state index contributed by atoms with van der Waals surface area (Å²) < 4.78 is 41.3. The van der Waals surface area contributed by atoms with Crippen LogP contribution in [0.2, 0.25) is 4.34 Å². The number of aryl methyl sites for hydroxylation is 1. The number of ether oxygens (including phenoxy) is 2. The number of rotatable bonds is 7. The predicted molar refractivity (Wildman–Crippen MR) is 143 cm³/mol. The molecule has 0 bridgehead atoms. The van der Waals surface area contributed by atoms with E-state index in [9.17, 15) is 13.2 Å². The number of methoxy groups -OCH3 is 1. The molecule has 2 aliphatic rings. The van der Waals surface area contributed by atoms with Crippen molar-refractivity contribution in [2.75, 3.05) is 31.7 Å². The molecule has 2 atom stereocenters. The van der Waals surface area contributed by atoms with Crippen LogP contribution in [0.3, 0.4) is 0 Å². The van der Waals surface area contributed by atoms with Crippen LogP contribution in [0.1, 0.15) is 37.7 Å². The Hall–Kier alpha value is -1.76. The first-order valence-corrected chi connectivity index (χ1v) is 15.4. The number of carbonyl (C=O) groups is 1. The quantitative estimate of drug-likeness (QED) is 0.394. The smallest absolute Gasteiger partial charge is 0.253 e. The summed E-state index contributed by atoms with van der Waals surface area (Å²) in [6.07, 6.45) is 3.58. The van der Waals surface area contributed by atoms with Crippen molar-refractivity contribution in [3.8, 4) is 5.75 Å². The third-order valence-electron chi connectivity index (χ3n) is 6.67. The fourth-order valence-corrected chi connectivity index (χ4v) is 9.13. The Morgan fingerprint density at radius 1 is 1.22 bits per heavy atom. The van der Waals surface area contributed by atoms with Gasteiger partial charge in [0.2, 0.25) is 5.91 Å². The van der Waals surface area contributed by atoms with Crippen LogP contribution in [0.5, 0.6) is 5.75 Å². The lowest BCUT2D eigenvalue weighted by Gasteiger charge is -2.36. The van der Waals surface area contributed by atoms with Gasteiger partial charge in [-0.25, -0.2) is 13.4 Å². The van der Waals surface area contributed by atoms with Crippen LogP contribution in [0, 0.1) is 6.92 Å². The summed E-state index contributed by atoms with van der Waals surface area (Å²) in [5, 5.41) is 0.528. The number of thiophene rings is 1. The number of piperidine rings is 1. The molecule has 1 aromatic carbocycles. The standard InChI is InChI=1S/C24H28ClN3O5S3/c1-15-8-9-18(32-2)21-22(15)35-24(26-21)27(14-16-6-5-13-33-16)23(29)17-7-3-4-12-28(17)36(30,31)20-11-10-19(25)34-20/h8-11,16-17H,3-7,12-14H2,1-2H3. The molecular formula is C24H28ClN3O5S3. The minimum atomic E-state index is -3.87. The van der Waals surface area contributed by atoms with Gasteiger partial charge in [0.15, 0.2) is 5.13 Å². The highest BCUT2D eigenvalue weighted by Crippen LogP contribution is 2.38. The van der Waals surface area contributed by atoms with E-state index in [2.05, 4.69) is 0 Å². The molecule has 8 nitrogen and oxygen atoms in total. The topological polar surface area (TPSA) is 89.0 Å². The molecule has 2 saturated heterocycles. The lowest BCUT2D eigenvalue weighted by molar-refractivity contribution is -0.123. The third-order valence-corrected chi connectivity index (χ3v) is 11.5. The second-order valence-electron chi connectivity index (χ2n) is 9.03. The molecule has 2 aromatic heterocycles. The molecule has 4 heterocycles. The van der Waals surface area contributed by atoms with Crippen molar-refractivity contribution >= 4 is 65.6 Å². The first-order chi connectivity index (χ1) is 17.3. The lowest BCUT2D eigenvalue weighted by atomic mass is 10.0. The van der Waals surface area contributed by atoms with E-state index < -0.39 is 16.1 Å². The van der Waals surface area contributed by atoms with E-state index in [1.54, 1.807) is 18.1 Å². The molecule has 5 rings (SSSR count). The zero-order valence-corrected chi connectivity index (χ0v) is 23.3. The number of nitrogens with zero attached hydrogens (tertiary/aromatic N) is 3. The van der Waals surface area contributed by atoms with E-state index in [0.29, 0.717) is 46.7 Å². The van der Waals surface area contributed by atoms with Gasteiger partial charge < -0.3 is 9.47 Å². The number of fused-ring (bicyclic) bond motifs is 1. The SMILES string of the molecule is COc1ccc(C)c2sc(N(CC3CCCO3)C(=O)C3CCCCN3S(=O)(=O)c3ccc(Cl)s3)nc12. The van der Waals surface area contributed by atoms with Crippen molar-refractivity contribution in [1.29, 1.82) is 0 Å². The first kappa shape index (κ1) is 25.9. The number of thiazole rings is 1. The maximum Gasteiger partial charge on any atom is 0.253 e. The summed E-state index contributed by atoms with van der Waals surface area (Å²) in [4.78, 5) is 20.6. The third kappa shape index (κ3) is 4.89. The molecule has 12 heteroatoms. The van der Waals surface area contributed by atoms with Gasteiger partial charge in [0.25, 0.3) is 10.0 Å². The zero-order chi connectivity index (χ0) is 25.4. The Bertz CT molecular complexity index is 1370. The van der Waals surface area contributed by atoms with Gasteiger partial charge in [-0.2, -0.15) is 4.31 Å². The van der Waals surface area contributed by atoms with E-state index >= 15 is 0 Å². The molecule has 0 N–H and O–H groups in total. The Morgan fingerprint density at radius 3 is 2.75 bits per heavy atom. The minimum Gasteiger partial charge on any atom is -0.494 e. The van der Waals surface area contributed by atoms with Crippen molar-refractivity contribution in [3.05, 3.63) is 34.2 Å². The number of halogens is 1. The van der Waals surface area contributed by atoms with Gasteiger partial charge in [0.05, 0.1) is 28.8 Å². The van der Waals surface area contributed by atoms with Crippen molar-refractivity contribution < 1.29 is 22.7 Å². The van der Waals surface area contributed by atoms with Crippen LogP contribution < -0.4 is 9.64 Å². The first-order valence-electron chi connectivity index (χ1n) is 11.9. The highest BCUT2D eigenvalue weighted by molar-refractivity contribution is 7.91. The lowest BCUT2D eigenvalue weighted by Crippen LogP contribution is -2.54. The summed E-state index contributed by atoms with van der Waals surface area (Å²) in [6.45, 7) is 3.27. The highest BCUT2D eigenvalue weighted by Gasteiger charge is 2.41. The minimum absolute atomic E-state index is 0.117. The fraction of sp³-hybridized carbons (Fsp3) is 0.500. The molecular weight excluding hydrogens is 542 g/mol. The molecule has 3 aromatic rings. The molecule has 36 heavy (non-hydrogen) atoms. The fourth-order valence-electron chi connectivity index (χ4n) is 4.80. The van der Waals surface area contributed by atoms with Gasteiger partial charge in [-0.05, 0) is 56.4 Å². The second kappa shape index (κ2) is 10.5. The van der Waals surface area contributed by atoms with Gasteiger partial charge in [0.1, 0.15) is 21.5 Å². The summed E-state index contributed by atoms with van der Waals surface area (Å²) >= 11 is 8.46. The number of anilines is 1. The molecule has 194 valence electrons. The van der Waals surface area contributed by atoms with Crippen LogP contribution in [-0.2, 0) is 19.6 Å². The van der Waals surface area contributed by atoms with E-state index in [1.807, 2.05) is 19.1 Å². The van der Waals surface area contributed by atoms with Gasteiger partial charge in [-0.15, -0.1) is 11.3 Å². The Kier molecular flexibility index (Phi) is 7.58. The normalized spacial score (nSPS) is 21.2. The van der Waals surface area contributed by atoms with Crippen molar-refractivity contribution in [1.82, 2.24) is 9.29 Å². The number of benzene rings is 1. The molecule has 0 spiro atoms. The van der Waals surface area contributed by atoms with Gasteiger partial charge in [-0.3, -0.25) is 9.69 Å². The highest BCUT2D eigenvalue weighted by atomic mass is 35.5. The van der Waals surface area contributed by atoms with E-state index in [0.717, 1.165) is 40.9 Å². The Labute approximate surface area is 223 Å². The van der Waals surface area contributed by atoms with Crippen LogP contribution in [0.25, 0.3) is 10.2 Å². The molecule has 0 radical (unpaired) electrons. The molecule has 2 aliphatic heterocycles. The average Bonchev–Trinajstić information content (AvgIpc) is 3.64. The number of amides is 1. The number of hydrogen-bond acceptors (Lipinski definition) is 8. The van der Waals surface area contributed by atoms with Gasteiger partial charge >= 0.3 is 0 Å². The van der Waals surface area contributed by atoms with Crippen molar-refractivity contribution in [2.45, 2.75) is 55.4 Å². The summed E-state index contributed by atoms with van der Waals surface area (Å²) in [7, 11) is -2.27. The van der Waals surface area contributed by atoms with Crippen molar-refractivity contribution in [2.24, 2.45) is 0 Å². The van der Waals surface area contributed by atoms with Crippen LogP contribution >= 0.6 is 34.3 Å². The molecule has 2 unspecified atom stereocenters. The van der Waals surface area contributed by atoms with E-state index in [1.165, 1.54) is 21.7 Å². The van der Waals surface area contributed by atoms with E-state index in [-0.39, 0.29) is 22.8 Å². The zero-order valence-electron chi connectivity index (χ0n) is 20.1.